The molecule has 6 nitrogen and oxygen atoms in total. The van der Waals surface area contributed by atoms with E-state index in [1.165, 1.54) is 0 Å². The lowest BCUT2D eigenvalue weighted by Gasteiger charge is -2.32. The third kappa shape index (κ3) is 5.24. The third-order valence-corrected chi connectivity index (χ3v) is 7.16. The van der Waals surface area contributed by atoms with Crippen molar-refractivity contribution >= 4 is 26.7 Å². The van der Waals surface area contributed by atoms with E-state index in [0.29, 0.717) is 30.3 Å². The fourth-order valence-corrected chi connectivity index (χ4v) is 5.22. The summed E-state index contributed by atoms with van der Waals surface area (Å²) in [6.07, 6.45) is 1.52. The standard InChI is InChI=1S/C24H26N2O4S/c27-24(18-30-21-9-2-1-3-10-21)26-15-13-19(14-16-26)17-25-31(28,29)23-12-6-8-20-7-4-5-11-22(20)23/h1-12,19,25H,13-18H2. The second-order valence-corrected chi connectivity index (χ2v) is 9.49. The van der Waals surface area contributed by atoms with Gasteiger partial charge in [0, 0.05) is 25.0 Å². The number of sulfonamides is 1. The van der Waals surface area contributed by atoms with E-state index in [1.54, 1.807) is 17.0 Å². The summed E-state index contributed by atoms with van der Waals surface area (Å²) in [6.45, 7) is 1.60. The maximum absolute atomic E-state index is 12.9. The summed E-state index contributed by atoms with van der Waals surface area (Å²) < 4.78 is 34.1. The van der Waals surface area contributed by atoms with Crippen molar-refractivity contribution in [1.82, 2.24) is 9.62 Å². The Hall–Kier alpha value is -2.90. The zero-order valence-corrected chi connectivity index (χ0v) is 18.1. The number of hydrogen-bond donors (Lipinski definition) is 1. The summed E-state index contributed by atoms with van der Waals surface area (Å²) in [5, 5.41) is 1.62. The number of rotatable bonds is 7. The van der Waals surface area contributed by atoms with Crippen molar-refractivity contribution < 1.29 is 17.9 Å². The number of nitrogens with zero attached hydrogens (tertiary/aromatic N) is 1. The van der Waals surface area contributed by atoms with Crippen molar-refractivity contribution in [3.63, 3.8) is 0 Å². The van der Waals surface area contributed by atoms with Crippen LogP contribution in [0.2, 0.25) is 0 Å². The summed E-state index contributed by atoms with van der Waals surface area (Å²) in [5.41, 5.74) is 0. The molecule has 162 valence electrons. The molecule has 0 radical (unpaired) electrons. The van der Waals surface area contributed by atoms with Gasteiger partial charge < -0.3 is 9.64 Å². The first kappa shape index (κ1) is 21.3. The van der Waals surface area contributed by atoms with Crippen LogP contribution in [-0.2, 0) is 14.8 Å². The van der Waals surface area contributed by atoms with Gasteiger partial charge in [-0.25, -0.2) is 13.1 Å². The Kier molecular flexibility index (Phi) is 6.53. The second kappa shape index (κ2) is 9.49. The molecule has 1 fully saturated rings. The largest absolute Gasteiger partial charge is 0.484 e. The molecule has 3 aromatic carbocycles. The highest BCUT2D eigenvalue weighted by Gasteiger charge is 2.25. The third-order valence-electron chi connectivity index (χ3n) is 5.67. The van der Waals surface area contributed by atoms with Gasteiger partial charge in [0.25, 0.3) is 5.91 Å². The van der Waals surface area contributed by atoms with Crippen LogP contribution in [0, 0.1) is 5.92 Å². The predicted octanol–water partition coefficient (Wildman–Crippen LogP) is 3.44. The molecule has 1 aliphatic heterocycles. The van der Waals surface area contributed by atoms with Crippen molar-refractivity contribution in [2.24, 2.45) is 5.92 Å². The predicted molar refractivity (Wildman–Crippen MR) is 120 cm³/mol. The van der Waals surface area contributed by atoms with E-state index in [0.717, 1.165) is 23.6 Å². The van der Waals surface area contributed by atoms with E-state index in [1.807, 2.05) is 60.7 Å². The van der Waals surface area contributed by atoms with E-state index in [4.69, 9.17) is 4.74 Å². The molecule has 0 bridgehead atoms. The number of fused-ring (bicyclic) bond motifs is 1. The maximum Gasteiger partial charge on any atom is 0.260 e. The van der Waals surface area contributed by atoms with Gasteiger partial charge in [-0.05, 0) is 42.3 Å². The number of ether oxygens (including phenoxy) is 1. The van der Waals surface area contributed by atoms with Gasteiger partial charge in [0.2, 0.25) is 10.0 Å². The van der Waals surface area contributed by atoms with Crippen LogP contribution >= 0.6 is 0 Å². The molecule has 31 heavy (non-hydrogen) atoms. The lowest BCUT2D eigenvalue weighted by molar-refractivity contribution is -0.134. The van der Waals surface area contributed by atoms with Gasteiger partial charge in [-0.15, -0.1) is 0 Å². The molecule has 1 heterocycles. The van der Waals surface area contributed by atoms with Crippen LogP contribution in [0.4, 0.5) is 0 Å². The number of carbonyl (C=O) groups is 1. The average Bonchev–Trinajstić information content (AvgIpc) is 2.82. The smallest absolute Gasteiger partial charge is 0.260 e. The zero-order valence-electron chi connectivity index (χ0n) is 17.2. The molecule has 1 saturated heterocycles. The highest BCUT2D eigenvalue weighted by molar-refractivity contribution is 7.89. The molecule has 0 atom stereocenters. The number of likely N-dealkylation sites (tertiary alicyclic amines) is 1. The Morgan fingerprint density at radius 1 is 0.935 bits per heavy atom. The number of hydrogen-bond acceptors (Lipinski definition) is 4. The molecule has 0 aliphatic carbocycles. The van der Waals surface area contributed by atoms with E-state index >= 15 is 0 Å². The van der Waals surface area contributed by atoms with E-state index in [-0.39, 0.29) is 18.4 Å². The topological polar surface area (TPSA) is 75.7 Å². The van der Waals surface area contributed by atoms with Crippen molar-refractivity contribution in [2.75, 3.05) is 26.2 Å². The van der Waals surface area contributed by atoms with E-state index < -0.39 is 10.0 Å². The fraction of sp³-hybridized carbons (Fsp3) is 0.292. The van der Waals surface area contributed by atoms with Gasteiger partial charge in [0.1, 0.15) is 5.75 Å². The summed E-state index contributed by atoms with van der Waals surface area (Å²) in [4.78, 5) is 14.5. The first-order valence-corrected chi connectivity index (χ1v) is 11.9. The monoisotopic (exact) mass is 438 g/mol. The van der Waals surface area contributed by atoms with Crippen molar-refractivity contribution in [1.29, 1.82) is 0 Å². The van der Waals surface area contributed by atoms with Gasteiger partial charge in [-0.2, -0.15) is 0 Å². The Morgan fingerprint density at radius 2 is 1.61 bits per heavy atom. The van der Waals surface area contributed by atoms with E-state index in [2.05, 4.69) is 4.72 Å². The van der Waals surface area contributed by atoms with Gasteiger partial charge in [-0.1, -0.05) is 54.6 Å². The van der Waals surface area contributed by atoms with E-state index in [9.17, 15) is 13.2 Å². The average molecular weight is 439 g/mol. The van der Waals surface area contributed by atoms with Crippen LogP contribution in [0.5, 0.6) is 5.75 Å². The van der Waals surface area contributed by atoms with Crippen LogP contribution < -0.4 is 9.46 Å². The lowest BCUT2D eigenvalue weighted by Crippen LogP contribution is -2.43. The number of piperidine rings is 1. The first-order valence-electron chi connectivity index (χ1n) is 10.5. The molecule has 3 aromatic rings. The van der Waals surface area contributed by atoms with Crippen LogP contribution in [0.25, 0.3) is 10.8 Å². The van der Waals surface area contributed by atoms with Crippen LogP contribution in [0.3, 0.4) is 0 Å². The second-order valence-electron chi connectivity index (χ2n) is 7.76. The Labute approximate surface area is 182 Å². The van der Waals surface area contributed by atoms with Crippen molar-refractivity contribution in [2.45, 2.75) is 17.7 Å². The molecule has 0 aromatic heterocycles. The summed E-state index contributed by atoms with van der Waals surface area (Å²) in [5.74, 6) is 0.830. The van der Waals surface area contributed by atoms with Gasteiger partial charge in [0.05, 0.1) is 4.90 Å². The van der Waals surface area contributed by atoms with Crippen molar-refractivity contribution in [3.8, 4) is 5.75 Å². The molecular weight excluding hydrogens is 412 g/mol. The molecule has 0 saturated carbocycles. The Balaban J connectivity index is 1.28. The molecule has 0 spiro atoms. The number of nitrogens with one attached hydrogen (secondary N) is 1. The van der Waals surface area contributed by atoms with Crippen LogP contribution in [0.1, 0.15) is 12.8 Å². The fourth-order valence-electron chi connectivity index (χ4n) is 3.87. The number of para-hydroxylation sites is 1. The molecule has 4 rings (SSSR count). The van der Waals surface area contributed by atoms with Gasteiger partial charge in [0.15, 0.2) is 6.61 Å². The first-order chi connectivity index (χ1) is 15.0. The molecule has 1 aliphatic rings. The minimum absolute atomic E-state index is 0.0163. The normalized spacial score (nSPS) is 15.2. The SMILES string of the molecule is O=C(COc1ccccc1)N1CCC(CNS(=O)(=O)c2cccc3ccccc23)CC1. The van der Waals surface area contributed by atoms with Crippen LogP contribution in [-0.4, -0.2) is 45.5 Å². The highest BCUT2D eigenvalue weighted by atomic mass is 32.2. The Bertz CT molecular complexity index is 1140. The Morgan fingerprint density at radius 3 is 2.39 bits per heavy atom. The minimum atomic E-state index is -3.61. The highest BCUT2D eigenvalue weighted by Crippen LogP contribution is 2.23. The summed E-state index contributed by atoms with van der Waals surface area (Å²) in [7, 11) is -3.61. The molecule has 1 N–H and O–H groups in total. The molecule has 0 unspecified atom stereocenters. The summed E-state index contributed by atoms with van der Waals surface area (Å²) in [6, 6.07) is 22.0. The maximum atomic E-state index is 12.9. The zero-order chi connectivity index (χ0) is 21.7. The number of amides is 1. The lowest BCUT2D eigenvalue weighted by atomic mass is 9.97. The van der Waals surface area contributed by atoms with Gasteiger partial charge >= 0.3 is 0 Å². The molecule has 1 amide bonds. The molecule has 7 heteroatoms. The van der Waals surface area contributed by atoms with Crippen LogP contribution in [0.15, 0.2) is 77.7 Å². The summed E-state index contributed by atoms with van der Waals surface area (Å²) >= 11 is 0. The number of carbonyl (C=O) groups excluding carboxylic acids is 1. The minimum Gasteiger partial charge on any atom is -0.484 e. The number of benzene rings is 3. The van der Waals surface area contributed by atoms with Crippen molar-refractivity contribution in [3.05, 3.63) is 72.8 Å². The van der Waals surface area contributed by atoms with Gasteiger partial charge in [-0.3, -0.25) is 4.79 Å². The quantitative estimate of drug-likeness (QED) is 0.613. The molecular formula is C24H26N2O4S.